The fourth-order valence-corrected chi connectivity index (χ4v) is 1.21. The first-order valence-electron chi connectivity index (χ1n) is 5.14. The molecule has 84 valence electrons. The second-order valence-electron chi connectivity index (χ2n) is 3.36. The van der Waals surface area contributed by atoms with E-state index in [2.05, 4.69) is 16.2 Å². The fourth-order valence-electron chi connectivity index (χ4n) is 1.21. The number of H-pyrrole nitrogens is 1. The van der Waals surface area contributed by atoms with Crippen molar-refractivity contribution < 1.29 is 4.79 Å². The van der Waals surface area contributed by atoms with Crippen LogP contribution in [0.3, 0.4) is 0 Å². The van der Waals surface area contributed by atoms with E-state index in [1.54, 1.807) is 0 Å². The van der Waals surface area contributed by atoms with Gasteiger partial charge in [-0.15, -0.1) is 12.3 Å². The lowest BCUT2D eigenvalue weighted by Gasteiger charge is -2.03. The minimum absolute atomic E-state index is 0.183. The van der Waals surface area contributed by atoms with Crippen LogP contribution in [0.25, 0.3) is 0 Å². The zero-order valence-electron chi connectivity index (χ0n) is 8.95. The minimum atomic E-state index is -0.217. The molecule has 1 amide bonds. The van der Waals surface area contributed by atoms with Crippen LogP contribution in [0.15, 0.2) is 23.1 Å². The number of nitrogens with one attached hydrogen (secondary N) is 2. The van der Waals surface area contributed by atoms with Crippen molar-refractivity contribution in [2.24, 2.45) is 0 Å². The van der Waals surface area contributed by atoms with Crippen molar-refractivity contribution >= 4 is 5.91 Å². The normalized spacial score (nSPS) is 9.44. The molecule has 0 radical (unpaired) electrons. The van der Waals surface area contributed by atoms with Gasteiger partial charge in [-0.1, -0.05) is 0 Å². The van der Waals surface area contributed by atoms with Crippen molar-refractivity contribution in [1.82, 2.24) is 10.3 Å². The third kappa shape index (κ3) is 4.01. The number of amides is 1. The topological polar surface area (TPSA) is 62.0 Å². The smallest absolute Gasteiger partial charge is 0.252 e. The largest absolute Gasteiger partial charge is 0.352 e. The first kappa shape index (κ1) is 12.1. The van der Waals surface area contributed by atoms with Gasteiger partial charge in [-0.25, -0.2) is 0 Å². The summed E-state index contributed by atoms with van der Waals surface area (Å²) in [6.07, 6.45) is 9.00. The van der Waals surface area contributed by atoms with Crippen LogP contribution < -0.4 is 10.9 Å². The van der Waals surface area contributed by atoms with Gasteiger partial charge >= 0.3 is 0 Å². The molecule has 0 atom stereocenters. The third-order valence-corrected chi connectivity index (χ3v) is 2.08. The van der Waals surface area contributed by atoms with Gasteiger partial charge < -0.3 is 10.3 Å². The number of carbonyl (C=O) groups is 1. The Labute approximate surface area is 94.1 Å². The zero-order chi connectivity index (χ0) is 11.8. The van der Waals surface area contributed by atoms with E-state index in [0.29, 0.717) is 12.1 Å². The second kappa shape index (κ2) is 6.46. The molecule has 0 aromatic carbocycles. The highest BCUT2D eigenvalue weighted by molar-refractivity contribution is 5.93. The molecular formula is C12H14N2O2. The van der Waals surface area contributed by atoms with Crippen LogP contribution in [-0.2, 0) is 0 Å². The van der Waals surface area contributed by atoms with Gasteiger partial charge in [0.15, 0.2) is 0 Å². The van der Waals surface area contributed by atoms with E-state index in [9.17, 15) is 9.59 Å². The molecule has 1 aromatic rings. The molecular weight excluding hydrogens is 204 g/mol. The average molecular weight is 218 g/mol. The molecule has 0 aliphatic heterocycles. The molecule has 2 N–H and O–H groups in total. The van der Waals surface area contributed by atoms with Gasteiger partial charge in [-0.2, -0.15) is 0 Å². The molecule has 0 aliphatic rings. The molecule has 0 spiro atoms. The van der Waals surface area contributed by atoms with Crippen molar-refractivity contribution in [3.63, 3.8) is 0 Å². The van der Waals surface area contributed by atoms with Gasteiger partial charge in [-0.05, 0) is 18.9 Å². The lowest BCUT2D eigenvalue weighted by Crippen LogP contribution is -2.25. The molecule has 16 heavy (non-hydrogen) atoms. The molecule has 4 heteroatoms. The van der Waals surface area contributed by atoms with E-state index < -0.39 is 0 Å². The van der Waals surface area contributed by atoms with Gasteiger partial charge in [0, 0.05) is 25.2 Å². The summed E-state index contributed by atoms with van der Waals surface area (Å²) < 4.78 is 0. The Morgan fingerprint density at radius 3 is 2.88 bits per heavy atom. The van der Waals surface area contributed by atoms with E-state index in [1.165, 1.54) is 18.3 Å². The number of aromatic amines is 1. The number of unbranched alkanes of at least 4 members (excludes halogenated alkanes) is 2. The van der Waals surface area contributed by atoms with Crippen molar-refractivity contribution in [1.29, 1.82) is 0 Å². The summed E-state index contributed by atoms with van der Waals surface area (Å²) in [6, 6.07) is 2.82. The maximum Gasteiger partial charge on any atom is 0.252 e. The third-order valence-electron chi connectivity index (χ3n) is 2.08. The molecule has 0 saturated carbocycles. The van der Waals surface area contributed by atoms with Gasteiger partial charge in [0.05, 0.1) is 5.56 Å². The molecule has 0 bridgehead atoms. The Bertz CT molecular complexity index is 423. The molecule has 1 heterocycles. The first-order chi connectivity index (χ1) is 7.74. The van der Waals surface area contributed by atoms with Crippen molar-refractivity contribution in [2.45, 2.75) is 19.3 Å². The molecule has 0 saturated heterocycles. The predicted octanol–water partition coefficient (Wildman–Crippen LogP) is 0.908. The van der Waals surface area contributed by atoms with Crippen LogP contribution in [0, 0.1) is 12.3 Å². The maximum absolute atomic E-state index is 11.5. The van der Waals surface area contributed by atoms with E-state index in [0.717, 1.165) is 19.3 Å². The monoisotopic (exact) mass is 218 g/mol. The number of aromatic nitrogens is 1. The summed E-state index contributed by atoms with van der Waals surface area (Å²) in [5, 5.41) is 2.75. The number of carbonyl (C=O) groups excluding carboxylic acids is 1. The predicted molar refractivity (Wildman–Crippen MR) is 62.1 cm³/mol. The van der Waals surface area contributed by atoms with Crippen molar-refractivity contribution in [3.05, 3.63) is 34.2 Å². The molecule has 4 nitrogen and oxygen atoms in total. The quantitative estimate of drug-likeness (QED) is 0.570. The van der Waals surface area contributed by atoms with Crippen LogP contribution >= 0.6 is 0 Å². The number of pyridine rings is 1. The van der Waals surface area contributed by atoms with Gasteiger partial charge in [-0.3, -0.25) is 9.59 Å². The summed E-state index contributed by atoms with van der Waals surface area (Å²) >= 11 is 0. The molecule has 1 rings (SSSR count). The average Bonchev–Trinajstić information content (AvgIpc) is 2.29. The highest BCUT2D eigenvalue weighted by atomic mass is 16.1. The summed E-state index contributed by atoms with van der Waals surface area (Å²) in [4.78, 5) is 24.7. The van der Waals surface area contributed by atoms with E-state index in [1.807, 2.05) is 0 Å². The first-order valence-corrected chi connectivity index (χ1v) is 5.14. The SMILES string of the molecule is C#CCCCCNC(=O)c1ccc(=O)[nH]c1. The van der Waals surface area contributed by atoms with Gasteiger partial charge in [0.25, 0.3) is 5.91 Å². The maximum atomic E-state index is 11.5. The molecule has 0 aliphatic carbocycles. The lowest BCUT2D eigenvalue weighted by molar-refractivity contribution is 0.0952. The molecule has 1 aromatic heterocycles. The zero-order valence-corrected chi connectivity index (χ0v) is 8.95. The Morgan fingerprint density at radius 1 is 1.44 bits per heavy atom. The fraction of sp³-hybridized carbons (Fsp3) is 0.333. The highest BCUT2D eigenvalue weighted by Gasteiger charge is 2.03. The van der Waals surface area contributed by atoms with Gasteiger partial charge in [0.2, 0.25) is 5.56 Å². The highest BCUT2D eigenvalue weighted by Crippen LogP contribution is 1.95. The summed E-state index contributed by atoms with van der Waals surface area (Å²) in [5.74, 6) is 2.36. The molecule has 0 unspecified atom stereocenters. The van der Waals surface area contributed by atoms with Crippen LogP contribution in [0.5, 0.6) is 0 Å². The number of rotatable bonds is 5. The molecule has 0 fully saturated rings. The van der Waals surface area contributed by atoms with Crippen LogP contribution in [0.2, 0.25) is 0 Å². The van der Waals surface area contributed by atoms with E-state index >= 15 is 0 Å². The van der Waals surface area contributed by atoms with Crippen LogP contribution in [0.4, 0.5) is 0 Å². The number of terminal acetylenes is 1. The lowest BCUT2D eigenvalue weighted by atomic mass is 10.2. The Kier molecular flexibility index (Phi) is 4.87. The van der Waals surface area contributed by atoms with Crippen LogP contribution in [0.1, 0.15) is 29.6 Å². The van der Waals surface area contributed by atoms with Crippen molar-refractivity contribution in [2.75, 3.05) is 6.54 Å². The van der Waals surface area contributed by atoms with Gasteiger partial charge in [0.1, 0.15) is 0 Å². The Morgan fingerprint density at radius 2 is 2.25 bits per heavy atom. The number of hydrogen-bond donors (Lipinski definition) is 2. The summed E-state index contributed by atoms with van der Waals surface area (Å²) in [7, 11) is 0. The number of hydrogen-bond acceptors (Lipinski definition) is 2. The van der Waals surface area contributed by atoms with Crippen LogP contribution in [-0.4, -0.2) is 17.4 Å². The Balaban J connectivity index is 2.33. The van der Waals surface area contributed by atoms with E-state index in [4.69, 9.17) is 6.42 Å². The minimum Gasteiger partial charge on any atom is -0.352 e. The van der Waals surface area contributed by atoms with E-state index in [-0.39, 0.29) is 11.5 Å². The van der Waals surface area contributed by atoms with Crippen molar-refractivity contribution in [3.8, 4) is 12.3 Å². The Hall–Kier alpha value is -2.02. The summed E-state index contributed by atoms with van der Waals surface area (Å²) in [6.45, 7) is 0.597. The second-order valence-corrected chi connectivity index (χ2v) is 3.36. The standard InChI is InChI=1S/C12H14N2O2/c1-2-3-4-5-8-13-12(16)10-6-7-11(15)14-9-10/h1,6-7,9H,3-5,8H2,(H,13,16)(H,14,15). The summed E-state index contributed by atoms with van der Waals surface area (Å²) in [5.41, 5.74) is 0.238.